The molecule has 184 valence electrons. The SMILES string of the molecule is O=C(Oc1ccc(C2OP(=O)(O)C(O)(Cc3cccnc3)P(=O)(O)O2)cc1F)N1CCOCC1. The summed E-state index contributed by atoms with van der Waals surface area (Å²) < 4.78 is 60.3. The maximum absolute atomic E-state index is 14.6. The molecule has 2 aliphatic rings. The molecule has 12 nitrogen and oxygen atoms in total. The van der Waals surface area contributed by atoms with Gasteiger partial charge in [-0.15, -0.1) is 0 Å². The molecule has 34 heavy (non-hydrogen) atoms. The van der Waals surface area contributed by atoms with E-state index in [1.165, 1.54) is 29.4 Å². The van der Waals surface area contributed by atoms with E-state index in [1.807, 2.05) is 0 Å². The van der Waals surface area contributed by atoms with Crippen LogP contribution in [-0.4, -0.2) is 62.3 Å². The Labute approximate surface area is 192 Å². The van der Waals surface area contributed by atoms with E-state index in [-0.39, 0.29) is 24.2 Å². The van der Waals surface area contributed by atoms with Crippen LogP contribution >= 0.6 is 15.2 Å². The average molecular weight is 518 g/mol. The summed E-state index contributed by atoms with van der Waals surface area (Å²) in [6.45, 7) is 1.20. The predicted octanol–water partition coefficient (Wildman–Crippen LogP) is 2.36. The molecule has 0 aliphatic carbocycles. The number of pyridine rings is 1. The van der Waals surface area contributed by atoms with Gasteiger partial charge in [-0.05, 0) is 23.8 Å². The first-order valence-corrected chi connectivity index (χ1v) is 13.2. The zero-order valence-electron chi connectivity index (χ0n) is 17.5. The van der Waals surface area contributed by atoms with Gasteiger partial charge >= 0.3 is 21.3 Å². The Hall–Kier alpha value is -2.21. The number of amides is 1. The van der Waals surface area contributed by atoms with Crippen molar-refractivity contribution in [3.05, 3.63) is 59.7 Å². The molecule has 15 heteroatoms. The van der Waals surface area contributed by atoms with E-state index < -0.39 is 50.6 Å². The fraction of sp³-hybridized carbons (Fsp3) is 0.368. The van der Waals surface area contributed by atoms with Gasteiger partial charge in [0.1, 0.15) is 0 Å². The zero-order valence-corrected chi connectivity index (χ0v) is 19.3. The lowest BCUT2D eigenvalue weighted by Crippen LogP contribution is -2.42. The van der Waals surface area contributed by atoms with Crippen molar-refractivity contribution in [2.75, 3.05) is 26.3 Å². The van der Waals surface area contributed by atoms with Gasteiger partial charge in [-0.2, -0.15) is 0 Å². The van der Waals surface area contributed by atoms with Gasteiger partial charge in [0.05, 0.1) is 13.2 Å². The second-order valence-electron chi connectivity index (χ2n) is 7.55. The van der Waals surface area contributed by atoms with Crippen molar-refractivity contribution in [3.63, 3.8) is 0 Å². The van der Waals surface area contributed by atoms with E-state index in [0.29, 0.717) is 13.2 Å². The van der Waals surface area contributed by atoms with Gasteiger partial charge in [-0.1, -0.05) is 12.1 Å². The molecule has 0 bridgehead atoms. The van der Waals surface area contributed by atoms with Gasteiger partial charge in [0.25, 0.3) is 5.08 Å². The molecule has 1 aromatic heterocycles. The van der Waals surface area contributed by atoms with E-state index in [9.17, 15) is 33.2 Å². The third-order valence-electron chi connectivity index (χ3n) is 5.24. The number of hydrogen-bond acceptors (Lipinski definition) is 9. The molecular formula is C19H21FN2O10P2. The Bertz CT molecular complexity index is 1140. The van der Waals surface area contributed by atoms with Crippen molar-refractivity contribution in [1.82, 2.24) is 9.88 Å². The number of nitrogens with zero attached hydrogens (tertiary/aromatic N) is 2. The van der Waals surface area contributed by atoms with Crippen LogP contribution in [0.15, 0.2) is 42.7 Å². The Kier molecular flexibility index (Phi) is 6.92. The third-order valence-corrected chi connectivity index (χ3v) is 9.84. The largest absolute Gasteiger partial charge is 0.415 e. The maximum Gasteiger partial charge on any atom is 0.415 e. The van der Waals surface area contributed by atoms with Crippen molar-refractivity contribution in [2.45, 2.75) is 17.8 Å². The van der Waals surface area contributed by atoms with Gasteiger partial charge in [-0.3, -0.25) is 23.2 Å². The predicted molar refractivity (Wildman–Crippen MR) is 112 cm³/mol. The molecule has 0 radical (unpaired) electrons. The van der Waals surface area contributed by atoms with Crippen LogP contribution in [0, 0.1) is 5.82 Å². The number of rotatable bonds is 4. The molecule has 3 heterocycles. The molecule has 2 unspecified atom stereocenters. The molecule has 2 fully saturated rings. The topological polar surface area (TPSA) is 165 Å². The molecule has 0 saturated carbocycles. The van der Waals surface area contributed by atoms with Gasteiger partial charge in [0, 0.05) is 37.5 Å². The first kappa shape index (κ1) is 24.9. The lowest BCUT2D eigenvalue weighted by Gasteiger charge is -2.41. The standard InChI is InChI=1S/C19H21FN2O10P2/c20-15-10-14(3-4-16(15)30-18(23)22-6-8-29-9-7-22)17-31-33(25,26)19(24,34(27,28)32-17)11-13-2-1-5-21-12-13/h1-5,10,12,17,24H,6-9,11H2,(H,25,26)(H,27,28). The van der Waals surface area contributed by atoms with Crippen molar-refractivity contribution >= 4 is 21.3 Å². The Morgan fingerprint density at radius 3 is 2.47 bits per heavy atom. The van der Waals surface area contributed by atoms with Crippen molar-refractivity contribution in [2.24, 2.45) is 0 Å². The first-order valence-electron chi connectivity index (χ1n) is 10.0. The first-order chi connectivity index (χ1) is 16.0. The number of halogens is 1. The normalized spacial score (nSPS) is 31.8. The lowest BCUT2D eigenvalue weighted by atomic mass is 10.2. The number of aromatic nitrogens is 1. The highest BCUT2D eigenvalue weighted by Gasteiger charge is 2.67. The monoisotopic (exact) mass is 518 g/mol. The zero-order chi connectivity index (χ0) is 24.6. The highest BCUT2D eigenvalue weighted by molar-refractivity contribution is 7.73. The molecular weight excluding hydrogens is 497 g/mol. The third kappa shape index (κ3) is 4.79. The molecule has 2 atom stereocenters. The molecule has 1 aromatic carbocycles. The molecule has 2 aliphatic heterocycles. The molecule has 4 rings (SSSR count). The summed E-state index contributed by atoms with van der Waals surface area (Å²) in [7, 11) is -10.4. The lowest BCUT2D eigenvalue weighted by molar-refractivity contribution is -0.0580. The van der Waals surface area contributed by atoms with Crippen molar-refractivity contribution in [3.8, 4) is 5.75 Å². The summed E-state index contributed by atoms with van der Waals surface area (Å²) in [5.74, 6) is -1.49. The van der Waals surface area contributed by atoms with E-state index >= 15 is 0 Å². The summed E-state index contributed by atoms with van der Waals surface area (Å²) in [4.78, 5) is 38.0. The van der Waals surface area contributed by atoms with Crippen LogP contribution in [0.4, 0.5) is 9.18 Å². The number of carbonyl (C=O) groups is 1. The molecule has 2 saturated heterocycles. The van der Waals surface area contributed by atoms with Crippen molar-refractivity contribution < 1.29 is 51.7 Å². The maximum atomic E-state index is 14.6. The van der Waals surface area contributed by atoms with Gasteiger partial charge in [0.2, 0.25) is 6.29 Å². The van der Waals surface area contributed by atoms with E-state index in [4.69, 9.17) is 18.5 Å². The minimum Gasteiger partial charge on any atom is -0.407 e. The number of benzene rings is 1. The highest BCUT2D eigenvalue weighted by Crippen LogP contribution is 2.79. The van der Waals surface area contributed by atoms with Crippen LogP contribution in [0.5, 0.6) is 5.75 Å². The van der Waals surface area contributed by atoms with Crippen LogP contribution in [0.1, 0.15) is 17.4 Å². The van der Waals surface area contributed by atoms with Gasteiger partial charge < -0.3 is 29.3 Å². The minimum absolute atomic E-state index is 0.177. The smallest absolute Gasteiger partial charge is 0.407 e. The number of ether oxygens (including phenoxy) is 2. The summed E-state index contributed by atoms with van der Waals surface area (Å²) in [6, 6.07) is 5.81. The fourth-order valence-electron chi connectivity index (χ4n) is 3.36. The van der Waals surface area contributed by atoms with E-state index in [2.05, 4.69) is 4.98 Å². The number of morpholine rings is 1. The van der Waals surface area contributed by atoms with E-state index in [0.717, 1.165) is 18.2 Å². The van der Waals surface area contributed by atoms with Crippen LogP contribution in [0.25, 0.3) is 0 Å². The quantitative estimate of drug-likeness (QED) is 0.509. The second kappa shape index (κ2) is 9.44. The van der Waals surface area contributed by atoms with Gasteiger partial charge in [-0.25, -0.2) is 9.18 Å². The summed E-state index contributed by atoms with van der Waals surface area (Å²) in [6.07, 6.45) is -0.874. The van der Waals surface area contributed by atoms with Crippen LogP contribution in [0.3, 0.4) is 0 Å². The number of aliphatic hydroxyl groups is 1. The molecule has 3 N–H and O–H groups in total. The Morgan fingerprint density at radius 2 is 1.88 bits per heavy atom. The van der Waals surface area contributed by atoms with Crippen molar-refractivity contribution in [1.29, 1.82) is 0 Å². The Morgan fingerprint density at radius 1 is 1.21 bits per heavy atom. The number of carbonyl (C=O) groups excluding carboxylic acids is 1. The van der Waals surface area contributed by atoms with Crippen LogP contribution in [-0.2, 0) is 29.3 Å². The fourth-order valence-corrected chi connectivity index (χ4v) is 6.94. The summed E-state index contributed by atoms with van der Waals surface area (Å²) in [5.41, 5.74) is -0.0765. The summed E-state index contributed by atoms with van der Waals surface area (Å²) >= 11 is 0. The minimum atomic E-state index is -5.22. The number of hydrogen-bond donors (Lipinski definition) is 3. The Balaban J connectivity index is 1.53. The van der Waals surface area contributed by atoms with Gasteiger partial charge in [0.15, 0.2) is 11.6 Å². The molecule has 2 aromatic rings. The summed E-state index contributed by atoms with van der Waals surface area (Å²) in [5, 5.41) is 7.54. The average Bonchev–Trinajstić information content (AvgIpc) is 2.80. The van der Waals surface area contributed by atoms with Crippen LogP contribution in [0.2, 0.25) is 0 Å². The van der Waals surface area contributed by atoms with E-state index in [1.54, 1.807) is 0 Å². The highest BCUT2D eigenvalue weighted by atomic mass is 31.2. The van der Waals surface area contributed by atoms with Crippen LogP contribution < -0.4 is 4.74 Å². The molecule has 1 amide bonds. The second-order valence-corrected chi connectivity index (χ2v) is 11.9. The molecule has 0 spiro atoms.